The zero-order valence-electron chi connectivity index (χ0n) is 40.3. The molecule has 76 heavy (non-hydrogen) atoms. The Balaban J connectivity index is 1.09. The molecule has 0 N–H and O–H groups in total. The van der Waals surface area contributed by atoms with Gasteiger partial charge < -0.3 is 19.3 Å². The van der Waals surface area contributed by atoms with E-state index in [2.05, 4.69) is 40.1 Å². The smallest absolute Gasteiger partial charge is 0.166 e. The molecule has 2 aliphatic rings. The van der Waals surface area contributed by atoms with Gasteiger partial charge in [-0.2, -0.15) is 15.8 Å². The quantitative estimate of drug-likeness (QED) is 0.145. The number of hydrogen-bond donors (Lipinski definition) is 0. The number of ether oxygens (including phenoxy) is 2. The van der Waals surface area contributed by atoms with Crippen LogP contribution >= 0.6 is 0 Å². The van der Waals surface area contributed by atoms with Crippen molar-refractivity contribution in [3.8, 4) is 109 Å². The van der Waals surface area contributed by atoms with E-state index in [0.29, 0.717) is 68.3 Å². The van der Waals surface area contributed by atoms with Gasteiger partial charge in [0.05, 0.1) is 69.0 Å². The Kier molecular flexibility index (Phi) is 11.1. The van der Waals surface area contributed by atoms with Gasteiger partial charge in [-0.3, -0.25) is 0 Å². The van der Waals surface area contributed by atoms with Gasteiger partial charge in [-0.1, -0.05) is 133 Å². The van der Waals surface area contributed by atoms with Crippen molar-refractivity contribution >= 4 is 34.1 Å². The van der Waals surface area contributed by atoms with E-state index in [0.717, 1.165) is 73.1 Å². The molecule has 10 aromatic carbocycles. The van der Waals surface area contributed by atoms with Crippen LogP contribution in [0.25, 0.3) is 67.5 Å². The Morgan fingerprint density at radius 2 is 0.684 bits per heavy atom. The van der Waals surface area contributed by atoms with Crippen LogP contribution in [0.5, 0.6) is 23.0 Å². The lowest BCUT2D eigenvalue weighted by atomic mass is 9.96. The summed E-state index contributed by atoms with van der Waals surface area (Å²) in [4.78, 5) is 20.6. The van der Waals surface area contributed by atoms with Crippen molar-refractivity contribution in [2.45, 2.75) is 0 Å². The third-order valence-corrected chi connectivity index (χ3v) is 13.6. The van der Waals surface area contributed by atoms with E-state index in [4.69, 9.17) is 24.4 Å². The normalized spacial score (nSPS) is 11.8. The minimum absolute atomic E-state index is 0.384. The van der Waals surface area contributed by atoms with Gasteiger partial charge in [-0.15, -0.1) is 0 Å². The highest BCUT2D eigenvalue weighted by atomic mass is 16.5. The molecule has 3 heterocycles. The third kappa shape index (κ3) is 7.87. The van der Waals surface area contributed by atoms with E-state index < -0.39 is 0 Å². The molecule has 10 heteroatoms. The molecule has 0 saturated heterocycles. The average molecular weight is 975 g/mol. The van der Waals surface area contributed by atoms with E-state index in [-0.39, 0.29) is 0 Å². The lowest BCUT2D eigenvalue weighted by Gasteiger charge is -2.34. The molecule has 1 aromatic heterocycles. The molecule has 0 radical (unpaired) electrons. The van der Waals surface area contributed by atoms with Gasteiger partial charge in [-0.25, -0.2) is 15.0 Å². The van der Waals surface area contributed by atoms with Crippen LogP contribution in [-0.4, -0.2) is 15.0 Å². The summed E-state index contributed by atoms with van der Waals surface area (Å²) in [7, 11) is 0. The average Bonchev–Trinajstić information content (AvgIpc) is 3.58. The highest BCUT2D eigenvalue weighted by Gasteiger charge is 2.32. The van der Waals surface area contributed by atoms with Crippen LogP contribution in [0.1, 0.15) is 16.7 Å². The van der Waals surface area contributed by atoms with E-state index in [1.54, 1.807) is 6.07 Å². The zero-order chi connectivity index (χ0) is 51.1. The number of anilines is 6. The minimum Gasteiger partial charge on any atom is -0.453 e. The molecule has 0 spiro atoms. The number of fused-ring (bicyclic) bond motifs is 4. The summed E-state index contributed by atoms with van der Waals surface area (Å²) < 4.78 is 13.1. The van der Waals surface area contributed by atoms with Gasteiger partial charge in [-0.05, 0) is 130 Å². The van der Waals surface area contributed by atoms with Gasteiger partial charge in [0.15, 0.2) is 40.5 Å². The van der Waals surface area contributed by atoms with Crippen LogP contribution in [0.4, 0.5) is 34.1 Å². The van der Waals surface area contributed by atoms with Gasteiger partial charge in [0, 0.05) is 16.7 Å². The number of hydrogen-bond acceptors (Lipinski definition) is 10. The highest BCUT2D eigenvalue weighted by Crippen LogP contribution is 2.55. The molecule has 0 bridgehead atoms. The van der Waals surface area contributed by atoms with Crippen molar-refractivity contribution < 1.29 is 9.47 Å². The van der Waals surface area contributed by atoms with Crippen LogP contribution in [0, 0.1) is 34.0 Å². The maximum atomic E-state index is 10.4. The molecule has 11 aromatic rings. The van der Waals surface area contributed by atoms with Crippen LogP contribution < -0.4 is 19.3 Å². The number of nitrogens with zero attached hydrogens (tertiary/aromatic N) is 8. The first-order chi connectivity index (χ1) is 37.5. The Morgan fingerprint density at radius 1 is 0.289 bits per heavy atom. The predicted octanol–water partition coefficient (Wildman–Crippen LogP) is 16.6. The molecule has 10 nitrogen and oxygen atoms in total. The molecular formula is C66H38N8O2. The van der Waals surface area contributed by atoms with Crippen molar-refractivity contribution in [1.82, 2.24) is 15.0 Å². The summed E-state index contributed by atoms with van der Waals surface area (Å²) in [5.41, 5.74) is 13.5. The Labute approximate surface area is 438 Å². The monoisotopic (exact) mass is 974 g/mol. The molecule has 13 rings (SSSR count). The minimum atomic E-state index is 0.384. The Bertz CT molecular complexity index is 3950. The van der Waals surface area contributed by atoms with Gasteiger partial charge >= 0.3 is 0 Å². The molecule has 2 aliphatic heterocycles. The molecular weight excluding hydrogens is 937 g/mol. The van der Waals surface area contributed by atoms with Crippen molar-refractivity contribution in [3.63, 3.8) is 0 Å². The summed E-state index contributed by atoms with van der Waals surface area (Å²) in [6, 6.07) is 81.7. The number of rotatable bonds is 8. The first-order valence-electron chi connectivity index (χ1n) is 24.5. The maximum absolute atomic E-state index is 10.4. The summed E-state index contributed by atoms with van der Waals surface area (Å²) in [6.07, 6.45) is 0. The highest BCUT2D eigenvalue weighted by molar-refractivity contribution is 5.97. The second kappa shape index (κ2) is 18.8. The molecule has 0 atom stereocenters. The van der Waals surface area contributed by atoms with E-state index in [1.807, 2.05) is 212 Å². The molecule has 0 amide bonds. The van der Waals surface area contributed by atoms with Crippen molar-refractivity contribution in [3.05, 3.63) is 247 Å². The van der Waals surface area contributed by atoms with E-state index in [9.17, 15) is 15.8 Å². The summed E-state index contributed by atoms with van der Waals surface area (Å²) >= 11 is 0. The van der Waals surface area contributed by atoms with Crippen LogP contribution in [-0.2, 0) is 0 Å². The second-order valence-electron chi connectivity index (χ2n) is 18.1. The first kappa shape index (κ1) is 44.8. The number of benzene rings is 10. The molecule has 354 valence electrons. The summed E-state index contributed by atoms with van der Waals surface area (Å²) in [5.74, 6) is 3.85. The zero-order valence-corrected chi connectivity index (χ0v) is 40.3. The number of nitriles is 3. The predicted molar refractivity (Wildman–Crippen MR) is 296 cm³/mol. The lowest BCUT2D eigenvalue weighted by molar-refractivity contribution is 0.477. The molecule has 0 aliphatic carbocycles. The fourth-order valence-electron chi connectivity index (χ4n) is 10.1. The molecule has 0 unspecified atom stereocenters. The first-order valence-corrected chi connectivity index (χ1v) is 24.5. The Hall–Kier alpha value is -11.1. The van der Waals surface area contributed by atoms with Crippen molar-refractivity contribution in [2.75, 3.05) is 9.80 Å². The lowest BCUT2D eigenvalue weighted by Crippen LogP contribution is -2.17. The van der Waals surface area contributed by atoms with Gasteiger partial charge in [0.2, 0.25) is 0 Å². The number of aromatic nitrogens is 3. The fourth-order valence-corrected chi connectivity index (χ4v) is 10.1. The van der Waals surface area contributed by atoms with Crippen LogP contribution in [0.2, 0.25) is 0 Å². The van der Waals surface area contributed by atoms with E-state index in [1.165, 1.54) is 0 Å². The van der Waals surface area contributed by atoms with Crippen LogP contribution in [0.3, 0.4) is 0 Å². The Morgan fingerprint density at radius 3 is 1.13 bits per heavy atom. The maximum Gasteiger partial charge on any atom is 0.166 e. The van der Waals surface area contributed by atoms with Crippen LogP contribution in [0.15, 0.2) is 231 Å². The van der Waals surface area contributed by atoms with E-state index >= 15 is 0 Å². The summed E-state index contributed by atoms with van der Waals surface area (Å²) in [6.45, 7) is 0. The second-order valence-corrected chi connectivity index (χ2v) is 18.1. The van der Waals surface area contributed by atoms with Gasteiger partial charge in [0.25, 0.3) is 0 Å². The van der Waals surface area contributed by atoms with Crippen molar-refractivity contribution in [2.24, 2.45) is 0 Å². The third-order valence-electron chi connectivity index (χ3n) is 13.6. The topological polar surface area (TPSA) is 135 Å². The largest absolute Gasteiger partial charge is 0.453 e. The SMILES string of the molecule is N#Cc1cccc(-c2ccc(-c3nc(-c4ccc(-c5ccccc5C#N)cc4N4c5ccccc5Oc5ccccc54)nc(-c4ccc(-c5ccccc5C#N)cc4N4c5ccccc5Oc5ccccc54)n3)cc2)c1. The standard InChI is InChI=1S/C66H38N8O2/c67-39-42-14-13-17-45(36-42)43-28-30-44(31-29-43)64-70-65(52-34-32-46(50-18-3-1-15-48(50)40-68)37-58(52)73-54-20-5-9-24-60(54)75-61-25-10-6-21-55(61)73)72-66(71-64)53-35-33-47(51-19-4-2-16-49(51)41-69)38-59(53)74-56-22-7-11-26-62(56)76-63-27-12-8-23-57(63)74/h1-38H. The van der Waals surface area contributed by atoms with Gasteiger partial charge in [0.1, 0.15) is 0 Å². The number of para-hydroxylation sites is 8. The molecule has 0 saturated carbocycles. The molecule has 0 fully saturated rings. The summed E-state index contributed by atoms with van der Waals surface area (Å²) in [5, 5.41) is 30.4. The fraction of sp³-hybridized carbons (Fsp3) is 0. The van der Waals surface area contributed by atoms with Crippen molar-refractivity contribution in [1.29, 1.82) is 15.8 Å².